The number of carbonyl (C=O) groups excluding carboxylic acids is 2. The minimum absolute atomic E-state index is 0.290. The SMILES string of the molecule is CC(=O)OC1(OC(C)=O)CC[C@H]2[C@@H]3CC=C4CCCC[C@]4(C)[C@@H]3CC[C@@]21C. The van der Waals surface area contributed by atoms with Crippen LogP contribution in [0.5, 0.6) is 0 Å². The third kappa shape index (κ3) is 2.69. The maximum absolute atomic E-state index is 11.9. The summed E-state index contributed by atoms with van der Waals surface area (Å²) >= 11 is 0. The highest BCUT2D eigenvalue weighted by atomic mass is 16.7. The molecule has 4 rings (SSSR count). The molecule has 0 aromatic carbocycles. The van der Waals surface area contributed by atoms with Crippen LogP contribution >= 0.6 is 0 Å². The third-order valence-electron chi connectivity index (χ3n) is 8.68. The van der Waals surface area contributed by atoms with Gasteiger partial charge in [0.15, 0.2) is 0 Å². The zero-order valence-corrected chi connectivity index (χ0v) is 17.3. The van der Waals surface area contributed by atoms with Gasteiger partial charge >= 0.3 is 11.9 Å². The number of hydrogen-bond donors (Lipinski definition) is 0. The average Bonchev–Trinajstić information content (AvgIpc) is 2.85. The highest BCUT2D eigenvalue weighted by Gasteiger charge is 2.67. The van der Waals surface area contributed by atoms with Crippen LogP contribution in [-0.2, 0) is 19.1 Å². The summed E-state index contributed by atoms with van der Waals surface area (Å²) in [5.74, 6) is -0.0512. The first kappa shape index (κ1) is 19.0. The molecule has 4 aliphatic carbocycles. The predicted octanol–water partition coefficient (Wildman–Crippen LogP) is 5.16. The number of ether oxygens (including phenoxy) is 2. The zero-order chi connectivity index (χ0) is 19.4. The van der Waals surface area contributed by atoms with Gasteiger partial charge in [0.25, 0.3) is 5.79 Å². The smallest absolute Gasteiger partial charge is 0.305 e. The van der Waals surface area contributed by atoms with Crippen LogP contribution in [0.2, 0.25) is 0 Å². The summed E-state index contributed by atoms with van der Waals surface area (Å²) in [7, 11) is 0. The molecule has 0 aromatic rings. The van der Waals surface area contributed by atoms with Gasteiger partial charge in [-0.1, -0.05) is 31.9 Å². The molecule has 4 heteroatoms. The quantitative estimate of drug-likeness (QED) is 0.380. The summed E-state index contributed by atoms with van der Waals surface area (Å²) in [4.78, 5) is 23.8. The minimum Gasteiger partial charge on any atom is -0.422 e. The van der Waals surface area contributed by atoms with Crippen molar-refractivity contribution in [3.63, 3.8) is 0 Å². The number of fused-ring (bicyclic) bond motifs is 5. The van der Waals surface area contributed by atoms with E-state index in [0.717, 1.165) is 25.7 Å². The summed E-state index contributed by atoms with van der Waals surface area (Å²) in [6, 6.07) is 0. The number of hydrogen-bond acceptors (Lipinski definition) is 4. The Balaban J connectivity index is 1.69. The Hall–Kier alpha value is -1.32. The standard InChI is InChI=1S/C23H34O4/c1-15(24)26-23(27-16(2)25)14-11-20-18-9-8-17-7-5-6-12-21(17,3)19(18)10-13-22(20,23)4/h8,18-20H,5-7,9-14H2,1-4H3/t18-,19-,20+,21+,22+/m1/s1. The van der Waals surface area contributed by atoms with Gasteiger partial charge in [0, 0.05) is 25.7 Å². The molecule has 4 nitrogen and oxygen atoms in total. The molecule has 150 valence electrons. The van der Waals surface area contributed by atoms with E-state index in [9.17, 15) is 9.59 Å². The molecule has 0 heterocycles. The Bertz CT molecular complexity index is 664. The molecule has 0 aromatic heterocycles. The average molecular weight is 375 g/mol. The Kier molecular flexibility index (Phi) is 4.47. The van der Waals surface area contributed by atoms with Crippen LogP contribution in [0.3, 0.4) is 0 Å². The fraction of sp³-hybridized carbons (Fsp3) is 0.826. The molecule has 3 fully saturated rings. The van der Waals surface area contributed by atoms with Crippen LogP contribution in [-0.4, -0.2) is 17.7 Å². The van der Waals surface area contributed by atoms with Crippen molar-refractivity contribution in [1.29, 1.82) is 0 Å². The molecule has 0 amide bonds. The molecule has 4 aliphatic rings. The maximum atomic E-state index is 11.9. The summed E-state index contributed by atoms with van der Waals surface area (Å²) in [5.41, 5.74) is 1.75. The Morgan fingerprint density at radius 3 is 2.30 bits per heavy atom. The summed E-state index contributed by atoms with van der Waals surface area (Å²) in [5, 5.41) is 0. The molecule has 3 saturated carbocycles. The van der Waals surface area contributed by atoms with E-state index in [1.807, 2.05) is 0 Å². The highest BCUT2D eigenvalue weighted by Crippen LogP contribution is 2.68. The number of carbonyl (C=O) groups is 2. The van der Waals surface area contributed by atoms with Gasteiger partial charge in [-0.2, -0.15) is 0 Å². The van der Waals surface area contributed by atoms with Crippen LogP contribution < -0.4 is 0 Å². The van der Waals surface area contributed by atoms with E-state index in [2.05, 4.69) is 19.9 Å². The van der Waals surface area contributed by atoms with Gasteiger partial charge < -0.3 is 9.47 Å². The number of rotatable bonds is 2. The van der Waals surface area contributed by atoms with E-state index in [1.54, 1.807) is 5.57 Å². The molecule has 0 saturated heterocycles. The van der Waals surface area contributed by atoms with Gasteiger partial charge in [0.1, 0.15) is 0 Å². The van der Waals surface area contributed by atoms with Crippen molar-refractivity contribution in [2.75, 3.05) is 0 Å². The van der Waals surface area contributed by atoms with Crippen molar-refractivity contribution >= 4 is 11.9 Å². The van der Waals surface area contributed by atoms with E-state index in [4.69, 9.17) is 9.47 Å². The van der Waals surface area contributed by atoms with Gasteiger partial charge in [0.2, 0.25) is 0 Å². The summed E-state index contributed by atoms with van der Waals surface area (Å²) in [6.45, 7) is 7.55. The second-order valence-electron chi connectivity index (χ2n) is 9.90. The second-order valence-corrected chi connectivity index (χ2v) is 9.90. The molecule has 0 N–H and O–H groups in total. The van der Waals surface area contributed by atoms with Gasteiger partial charge in [0.05, 0.1) is 0 Å². The van der Waals surface area contributed by atoms with Crippen LogP contribution in [0.4, 0.5) is 0 Å². The van der Waals surface area contributed by atoms with Crippen molar-refractivity contribution in [3.05, 3.63) is 11.6 Å². The van der Waals surface area contributed by atoms with Crippen molar-refractivity contribution in [1.82, 2.24) is 0 Å². The normalized spacial score (nSPS) is 42.2. The molecule has 0 radical (unpaired) electrons. The Morgan fingerprint density at radius 2 is 1.63 bits per heavy atom. The van der Waals surface area contributed by atoms with Gasteiger partial charge in [-0.3, -0.25) is 9.59 Å². The van der Waals surface area contributed by atoms with Crippen LogP contribution in [0.1, 0.15) is 85.5 Å². The molecule has 27 heavy (non-hydrogen) atoms. The first-order valence-corrected chi connectivity index (χ1v) is 10.8. The van der Waals surface area contributed by atoms with E-state index in [1.165, 1.54) is 39.5 Å². The zero-order valence-electron chi connectivity index (χ0n) is 17.3. The fourth-order valence-electron chi connectivity index (χ4n) is 7.48. The van der Waals surface area contributed by atoms with Crippen molar-refractivity contribution in [2.24, 2.45) is 28.6 Å². The maximum Gasteiger partial charge on any atom is 0.305 e. The van der Waals surface area contributed by atoms with E-state index < -0.39 is 5.79 Å². The molecule has 0 unspecified atom stereocenters. The monoisotopic (exact) mass is 374 g/mol. The van der Waals surface area contributed by atoms with Crippen molar-refractivity contribution < 1.29 is 19.1 Å². The lowest BCUT2D eigenvalue weighted by Crippen LogP contribution is -2.57. The van der Waals surface area contributed by atoms with E-state index >= 15 is 0 Å². The van der Waals surface area contributed by atoms with E-state index in [0.29, 0.717) is 29.6 Å². The first-order valence-electron chi connectivity index (χ1n) is 10.8. The van der Waals surface area contributed by atoms with Gasteiger partial charge in [-0.15, -0.1) is 0 Å². The molecule has 0 bridgehead atoms. The minimum atomic E-state index is -1.09. The molecular weight excluding hydrogens is 340 g/mol. The Morgan fingerprint density at radius 1 is 0.963 bits per heavy atom. The summed E-state index contributed by atoms with van der Waals surface area (Å²) in [6.07, 6.45) is 12.6. The molecule has 0 spiro atoms. The third-order valence-corrected chi connectivity index (χ3v) is 8.68. The van der Waals surface area contributed by atoms with Gasteiger partial charge in [-0.25, -0.2) is 0 Å². The first-order chi connectivity index (χ1) is 12.7. The molecule has 0 aliphatic heterocycles. The summed E-state index contributed by atoms with van der Waals surface area (Å²) < 4.78 is 11.6. The predicted molar refractivity (Wildman–Crippen MR) is 103 cm³/mol. The Labute approximate surface area is 163 Å². The second kappa shape index (κ2) is 6.35. The fourth-order valence-corrected chi connectivity index (χ4v) is 7.48. The molecular formula is C23H34O4. The largest absolute Gasteiger partial charge is 0.422 e. The number of allylic oxidation sites excluding steroid dienone is 2. The molecule has 5 atom stereocenters. The van der Waals surface area contributed by atoms with Crippen molar-refractivity contribution in [3.8, 4) is 0 Å². The van der Waals surface area contributed by atoms with E-state index in [-0.39, 0.29) is 17.4 Å². The highest BCUT2D eigenvalue weighted by molar-refractivity contribution is 5.69. The lowest BCUT2D eigenvalue weighted by molar-refractivity contribution is -0.273. The van der Waals surface area contributed by atoms with Crippen LogP contribution in [0, 0.1) is 28.6 Å². The van der Waals surface area contributed by atoms with Crippen LogP contribution in [0.25, 0.3) is 0 Å². The lowest BCUT2D eigenvalue weighted by Gasteiger charge is -2.58. The lowest BCUT2D eigenvalue weighted by atomic mass is 9.48. The van der Waals surface area contributed by atoms with Gasteiger partial charge in [-0.05, 0) is 68.1 Å². The number of esters is 2. The topological polar surface area (TPSA) is 52.6 Å². The van der Waals surface area contributed by atoms with Crippen molar-refractivity contribution in [2.45, 2.75) is 91.3 Å². The van der Waals surface area contributed by atoms with Crippen LogP contribution in [0.15, 0.2) is 11.6 Å².